The van der Waals surface area contributed by atoms with Gasteiger partial charge in [-0.2, -0.15) is 0 Å². The zero-order valence-corrected chi connectivity index (χ0v) is 11.2. The second kappa shape index (κ2) is 6.73. The number of carboxylic acids is 1. The van der Waals surface area contributed by atoms with Crippen molar-refractivity contribution in [3.05, 3.63) is 0 Å². The molecule has 1 amide bonds. The quantitative estimate of drug-likeness (QED) is 0.687. The predicted molar refractivity (Wildman–Crippen MR) is 69.0 cm³/mol. The number of hydrogen-bond donors (Lipinski definition) is 3. The van der Waals surface area contributed by atoms with Gasteiger partial charge in [0.25, 0.3) is 0 Å². The normalized spacial score (nSPS) is 25.8. The van der Waals surface area contributed by atoms with Crippen LogP contribution in [0.5, 0.6) is 0 Å². The average molecular weight is 256 g/mol. The highest BCUT2D eigenvalue weighted by atomic mass is 16.4. The van der Waals surface area contributed by atoms with Crippen molar-refractivity contribution in [2.24, 2.45) is 17.6 Å². The van der Waals surface area contributed by atoms with Crippen LogP contribution in [0.4, 0.5) is 0 Å². The number of carbonyl (C=O) groups excluding carboxylic acids is 1. The molecule has 3 atom stereocenters. The number of carboxylic acid groups (broad SMARTS) is 1. The Labute approximate surface area is 108 Å². The Morgan fingerprint density at radius 1 is 1.39 bits per heavy atom. The third-order valence-electron chi connectivity index (χ3n) is 3.43. The smallest absolute Gasteiger partial charge is 0.306 e. The van der Waals surface area contributed by atoms with E-state index in [-0.39, 0.29) is 17.9 Å². The van der Waals surface area contributed by atoms with Gasteiger partial charge in [-0.3, -0.25) is 9.59 Å². The number of rotatable bonds is 5. The van der Waals surface area contributed by atoms with Crippen molar-refractivity contribution in [1.82, 2.24) is 5.32 Å². The van der Waals surface area contributed by atoms with Crippen LogP contribution in [-0.2, 0) is 9.59 Å². The van der Waals surface area contributed by atoms with E-state index in [4.69, 9.17) is 10.8 Å². The number of amides is 1. The first-order chi connectivity index (χ1) is 8.40. The summed E-state index contributed by atoms with van der Waals surface area (Å²) < 4.78 is 0. The summed E-state index contributed by atoms with van der Waals surface area (Å²) in [6.07, 6.45) is 3.58. The van der Waals surface area contributed by atoms with Gasteiger partial charge in [0.2, 0.25) is 5.91 Å². The Morgan fingerprint density at radius 3 is 2.61 bits per heavy atom. The van der Waals surface area contributed by atoms with Crippen LogP contribution >= 0.6 is 0 Å². The Balaban J connectivity index is 2.41. The van der Waals surface area contributed by atoms with Crippen molar-refractivity contribution in [1.29, 1.82) is 0 Å². The van der Waals surface area contributed by atoms with Crippen molar-refractivity contribution in [2.75, 3.05) is 0 Å². The van der Waals surface area contributed by atoms with Gasteiger partial charge in [-0.15, -0.1) is 0 Å². The fourth-order valence-electron chi connectivity index (χ4n) is 2.47. The molecule has 1 aliphatic rings. The van der Waals surface area contributed by atoms with Gasteiger partial charge in [0, 0.05) is 6.04 Å². The number of carbonyl (C=O) groups is 2. The largest absolute Gasteiger partial charge is 0.481 e. The summed E-state index contributed by atoms with van der Waals surface area (Å²) in [5, 5.41) is 11.9. The molecular weight excluding hydrogens is 232 g/mol. The van der Waals surface area contributed by atoms with Gasteiger partial charge in [-0.1, -0.05) is 20.3 Å². The van der Waals surface area contributed by atoms with Crippen molar-refractivity contribution in [2.45, 2.75) is 58.0 Å². The van der Waals surface area contributed by atoms with Gasteiger partial charge >= 0.3 is 5.97 Å². The maximum Gasteiger partial charge on any atom is 0.306 e. The minimum atomic E-state index is -0.763. The third kappa shape index (κ3) is 4.64. The molecule has 1 saturated carbocycles. The van der Waals surface area contributed by atoms with Crippen LogP contribution in [0, 0.1) is 11.8 Å². The van der Waals surface area contributed by atoms with Gasteiger partial charge in [0.1, 0.15) is 0 Å². The highest BCUT2D eigenvalue weighted by molar-refractivity contribution is 5.81. The fraction of sp³-hybridized carbons (Fsp3) is 0.846. The van der Waals surface area contributed by atoms with E-state index < -0.39 is 12.0 Å². The molecule has 0 spiro atoms. The number of hydrogen-bond acceptors (Lipinski definition) is 3. The first kappa shape index (κ1) is 15.0. The summed E-state index contributed by atoms with van der Waals surface area (Å²) in [4.78, 5) is 22.8. The van der Waals surface area contributed by atoms with Gasteiger partial charge in [-0.25, -0.2) is 0 Å². The van der Waals surface area contributed by atoms with E-state index in [0.717, 1.165) is 12.8 Å². The topological polar surface area (TPSA) is 92.4 Å². The molecule has 1 rings (SSSR count). The van der Waals surface area contributed by atoms with Gasteiger partial charge in [0.05, 0.1) is 12.0 Å². The first-order valence-corrected chi connectivity index (χ1v) is 6.69. The van der Waals surface area contributed by atoms with Crippen LogP contribution in [0.2, 0.25) is 0 Å². The maximum absolute atomic E-state index is 11.8. The molecule has 4 N–H and O–H groups in total. The first-order valence-electron chi connectivity index (χ1n) is 6.69. The van der Waals surface area contributed by atoms with Crippen molar-refractivity contribution < 1.29 is 14.7 Å². The lowest BCUT2D eigenvalue weighted by molar-refractivity contribution is -0.143. The molecule has 0 aromatic carbocycles. The van der Waals surface area contributed by atoms with E-state index in [1.54, 1.807) is 0 Å². The Hall–Kier alpha value is -1.10. The van der Waals surface area contributed by atoms with E-state index in [0.29, 0.717) is 25.2 Å². The molecule has 0 saturated heterocycles. The lowest BCUT2D eigenvalue weighted by Crippen LogP contribution is -2.47. The molecule has 0 aromatic rings. The number of nitrogens with one attached hydrogen (secondary N) is 1. The Morgan fingerprint density at radius 2 is 2.06 bits per heavy atom. The molecule has 0 heterocycles. The van der Waals surface area contributed by atoms with E-state index in [1.807, 2.05) is 13.8 Å². The number of nitrogens with two attached hydrogens (primary N) is 1. The zero-order chi connectivity index (χ0) is 13.7. The van der Waals surface area contributed by atoms with Crippen molar-refractivity contribution >= 4 is 11.9 Å². The molecule has 0 aromatic heterocycles. The molecule has 1 fully saturated rings. The summed E-state index contributed by atoms with van der Waals surface area (Å²) >= 11 is 0. The molecule has 18 heavy (non-hydrogen) atoms. The van der Waals surface area contributed by atoms with E-state index in [1.165, 1.54) is 0 Å². The Kier molecular flexibility index (Phi) is 5.59. The van der Waals surface area contributed by atoms with E-state index in [9.17, 15) is 9.59 Å². The third-order valence-corrected chi connectivity index (χ3v) is 3.43. The molecule has 104 valence electrons. The average Bonchev–Trinajstić information content (AvgIpc) is 2.28. The minimum absolute atomic E-state index is 0.0365. The SMILES string of the molecule is CC(C)C[C@H](N)C(=O)NC1CCCC(C(=O)O)C1. The Bertz CT molecular complexity index is 305. The second-order valence-corrected chi connectivity index (χ2v) is 5.64. The van der Waals surface area contributed by atoms with Gasteiger partial charge in [-0.05, 0) is 31.6 Å². The fourth-order valence-corrected chi connectivity index (χ4v) is 2.47. The summed E-state index contributed by atoms with van der Waals surface area (Å²) in [6, 6.07) is -0.527. The summed E-state index contributed by atoms with van der Waals surface area (Å²) in [5.74, 6) is -0.866. The van der Waals surface area contributed by atoms with Crippen LogP contribution in [0.15, 0.2) is 0 Å². The summed E-state index contributed by atoms with van der Waals surface area (Å²) in [7, 11) is 0. The molecule has 2 unspecified atom stereocenters. The molecule has 0 bridgehead atoms. The lowest BCUT2D eigenvalue weighted by atomic mass is 9.85. The molecule has 5 nitrogen and oxygen atoms in total. The van der Waals surface area contributed by atoms with E-state index >= 15 is 0 Å². The predicted octanol–water partition coefficient (Wildman–Crippen LogP) is 1.12. The summed E-state index contributed by atoms with van der Waals surface area (Å²) in [6.45, 7) is 4.04. The molecular formula is C13H24N2O3. The van der Waals surface area contributed by atoms with Crippen molar-refractivity contribution in [3.63, 3.8) is 0 Å². The molecule has 0 aliphatic heterocycles. The van der Waals surface area contributed by atoms with Crippen LogP contribution in [-0.4, -0.2) is 29.1 Å². The number of aliphatic carboxylic acids is 1. The molecule has 0 radical (unpaired) electrons. The van der Waals surface area contributed by atoms with Gasteiger partial charge < -0.3 is 16.2 Å². The monoisotopic (exact) mass is 256 g/mol. The van der Waals surface area contributed by atoms with Crippen LogP contribution in [0.25, 0.3) is 0 Å². The van der Waals surface area contributed by atoms with Crippen molar-refractivity contribution in [3.8, 4) is 0 Å². The molecule has 5 heteroatoms. The lowest BCUT2D eigenvalue weighted by Gasteiger charge is -2.28. The van der Waals surface area contributed by atoms with Crippen LogP contribution in [0.3, 0.4) is 0 Å². The van der Waals surface area contributed by atoms with Gasteiger partial charge in [0.15, 0.2) is 0 Å². The summed E-state index contributed by atoms with van der Waals surface area (Å²) in [5.41, 5.74) is 5.80. The molecule has 1 aliphatic carbocycles. The second-order valence-electron chi connectivity index (χ2n) is 5.64. The minimum Gasteiger partial charge on any atom is -0.481 e. The maximum atomic E-state index is 11.8. The van der Waals surface area contributed by atoms with Crippen LogP contribution < -0.4 is 11.1 Å². The zero-order valence-electron chi connectivity index (χ0n) is 11.2. The standard InChI is InChI=1S/C13H24N2O3/c1-8(2)6-11(14)12(16)15-10-5-3-4-9(7-10)13(17)18/h8-11H,3-7,14H2,1-2H3,(H,15,16)(H,17,18)/t9?,10?,11-/m0/s1. The van der Waals surface area contributed by atoms with Crippen LogP contribution in [0.1, 0.15) is 46.0 Å². The highest BCUT2D eigenvalue weighted by Crippen LogP contribution is 2.24. The van der Waals surface area contributed by atoms with E-state index in [2.05, 4.69) is 5.32 Å². The highest BCUT2D eigenvalue weighted by Gasteiger charge is 2.28.